The summed E-state index contributed by atoms with van der Waals surface area (Å²) >= 11 is 0. The van der Waals surface area contributed by atoms with Crippen LogP contribution in [-0.2, 0) is 9.63 Å². The lowest BCUT2D eigenvalue weighted by Crippen LogP contribution is -2.25. The summed E-state index contributed by atoms with van der Waals surface area (Å²) in [4.78, 5) is 14.6. The van der Waals surface area contributed by atoms with E-state index in [0.717, 1.165) is 0 Å². The Labute approximate surface area is 52.3 Å². The molecule has 0 aromatic rings. The van der Waals surface area contributed by atoms with Crippen molar-refractivity contribution in [2.75, 3.05) is 7.11 Å². The highest BCUT2D eigenvalue weighted by atomic mass is 16.6. The van der Waals surface area contributed by atoms with Crippen molar-refractivity contribution in [1.29, 1.82) is 0 Å². The Hall–Kier alpha value is -1.10. The molecule has 1 amide bonds. The maximum absolute atomic E-state index is 10.3. The highest BCUT2D eigenvalue weighted by Crippen LogP contribution is 1.76. The normalized spacial score (nSPS) is 10.8. The van der Waals surface area contributed by atoms with Crippen LogP contribution < -0.4 is 5.48 Å². The fourth-order valence-electron chi connectivity index (χ4n) is 0.259. The molecule has 5 nitrogen and oxygen atoms in total. The van der Waals surface area contributed by atoms with Crippen LogP contribution in [0.2, 0.25) is 0 Å². The van der Waals surface area contributed by atoms with E-state index in [2.05, 4.69) is 9.99 Å². The van der Waals surface area contributed by atoms with Crippen molar-refractivity contribution in [3.63, 3.8) is 0 Å². The van der Waals surface area contributed by atoms with Gasteiger partial charge in [-0.2, -0.15) is 0 Å². The van der Waals surface area contributed by atoms with Crippen LogP contribution in [0, 0.1) is 0 Å². The molecule has 0 rings (SSSR count). The van der Waals surface area contributed by atoms with Crippen LogP contribution >= 0.6 is 0 Å². The van der Waals surface area contributed by atoms with Gasteiger partial charge < -0.3 is 4.84 Å². The molecular formula is C4H8N2O3. The van der Waals surface area contributed by atoms with Crippen molar-refractivity contribution in [2.45, 2.75) is 6.92 Å². The molecule has 0 atom stereocenters. The lowest BCUT2D eigenvalue weighted by Gasteiger charge is -1.93. The summed E-state index contributed by atoms with van der Waals surface area (Å²) in [5.74, 6) is -0.670. The molecule has 0 heterocycles. The average Bonchev–Trinajstić information content (AvgIpc) is 1.87. The van der Waals surface area contributed by atoms with E-state index in [1.807, 2.05) is 0 Å². The molecule has 0 saturated carbocycles. The average molecular weight is 132 g/mol. The number of rotatable bonds is 2. The lowest BCUT2D eigenvalue weighted by molar-refractivity contribution is -0.122. The third kappa shape index (κ3) is 2.65. The molecule has 0 aromatic carbocycles. The number of hydrogen-bond donors (Lipinski definition) is 2. The Morgan fingerprint density at radius 1 is 1.78 bits per heavy atom. The fourth-order valence-corrected chi connectivity index (χ4v) is 0.259. The minimum atomic E-state index is -0.670. The SMILES string of the molecule is CO/N=C(/C)C(=O)NO. The summed E-state index contributed by atoms with van der Waals surface area (Å²) in [6, 6.07) is 0. The molecule has 0 aliphatic rings. The van der Waals surface area contributed by atoms with Gasteiger partial charge in [0.2, 0.25) is 0 Å². The maximum atomic E-state index is 10.3. The van der Waals surface area contributed by atoms with E-state index in [-0.39, 0.29) is 5.71 Å². The van der Waals surface area contributed by atoms with Crippen molar-refractivity contribution >= 4 is 11.6 Å². The predicted octanol–water partition coefficient (Wildman–Crippen LogP) is -0.486. The number of carbonyl (C=O) groups is 1. The first-order chi connectivity index (χ1) is 4.22. The Bertz CT molecular complexity index is 132. The third-order valence-electron chi connectivity index (χ3n) is 0.658. The van der Waals surface area contributed by atoms with Crippen molar-refractivity contribution in [1.82, 2.24) is 5.48 Å². The second-order valence-corrected chi connectivity index (χ2v) is 1.30. The highest BCUT2D eigenvalue weighted by Gasteiger charge is 2.01. The number of nitrogens with one attached hydrogen (secondary N) is 1. The van der Waals surface area contributed by atoms with Gasteiger partial charge in [-0.1, -0.05) is 5.16 Å². The van der Waals surface area contributed by atoms with Gasteiger partial charge in [0.15, 0.2) is 0 Å². The Kier molecular flexibility index (Phi) is 3.38. The first kappa shape index (κ1) is 7.90. The minimum Gasteiger partial charge on any atom is -0.399 e. The van der Waals surface area contributed by atoms with Crippen LogP contribution in [0.5, 0.6) is 0 Å². The van der Waals surface area contributed by atoms with Crippen LogP contribution in [0.25, 0.3) is 0 Å². The lowest BCUT2D eigenvalue weighted by atomic mass is 10.4. The third-order valence-corrected chi connectivity index (χ3v) is 0.658. The van der Waals surface area contributed by atoms with Crippen LogP contribution in [0.4, 0.5) is 0 Å². The van der Waals surface area contributed by atoms with Crippen LogP contribution in [-0.4, -0.2) is 23.9 Å². The quantitative estimate of drug-likeness (QED) is 0.302. The summed E-state index contributed by atoms with van der Waals surface area (Å²) in [7, 11) is 1.31. The van der Waals surface area contributed by atoms with Gasteiger partial charge in [-0.05, 0) is 6.92 Å². The number of hydroxylamine groups is 1. The number of carbonyl (C=O) groups excluding carboxylic acids is 1. The zero-order chi connectivity index (χ0) is 7.28. The molecule has 0 fully saturated rings. The zero-order valence-corrected chi connectivity index (χ0v) is 5.21. The van der Waals surface area contributed by atoms with Crippen molar-refractivity contribution in [3.05, 3.63) is 0 Å². The van der Waals surface area contributed by atoms with E-state index in [4.69, 9.17) is 5.21 Å². The number of hydrogen-bond acceptors (Lipinski definition) is 4. The molecule has 0 aliphatic heterocycles. The van der Waals surface area contributed by atoms with Crippen molar-refractivity contribution < 1.29 is 14.8 Å². The second kappa shape index (κ2) is 3.85. The van der Waals surface area contributed by atoms with Crippen LogP contribution in [0.1, 0.15) is 6.92 Å². The molecular weight excluding hydrogens is 124 g/mol. The van der Waals surface area contributed by atoms with E-state index in [0.29, 0.717) is 0 Å². The van der Waals surface area contributed by atoms with Crippen molar-refractivity contribution in [2.24, 2.45) is 5.16 Å². The molecule has 9 heavy (non-hydrogen) atoms. The van der Waals surface area contributed by atoms with Gasteiger partial charge >= 0.3 is 0 Å². The summed E-state index contributed by atoms with van der Waals surface area (Å²) in [5.41, 5.74) is 1.47. The van der Waals surface area contributed by atoms with Gasteiger partial charge in [0.1, 0.15) is 12.8 Å². The van der Waals surface area contributed by atoms with E-state index >= 15 is 0 Å². The van der Waals surface area contributed by atoms with E-state index in [1.54, 1.807) is 0 Å². The maximum Gasteiger partial charge on any atom is 0.292 e. The smallest absolute Gasteiger partial charge is 0.292 e. The number of amides is 1. The molecule has 0 unspecified atom stereocenters. The molecule has 0 saturated heterocycles. The summed E-state index contributed by atoms with van der Waals surface area (Å²) in [5, 5.41) is 11.2. The number of oxime groups is 1. The fraction of sp³-hybridized carbons (Fsp3) is 0.500. The number of nitrogens with zero attached hydrogens (tertiary/aromatic N) is 1. The Morgan fingerprint density at radius 2 is 2.33 bits per heavy atom. The minimum absolute atomic E-state index is 0.0694. The largest absolute Gasteiger partial charge is 0.399 e. The summed E-state index contributed by atoms with van der Waals surface area (Å²) in [6.45, 7) is 1.41. The van der Waals surface area contributed by atoms with E-state index in [9.17, 15) is 4.79 Å². The topological polar surface area (TPSA) is 70.9 Å². The van der Waals surface area contributed by atoms with Gasteiger partial charge in [0.25, 0.3) is 5.91 Å². The first-order valence-electron chi connectivity index (χ1n) is 2.24. The second-order valence-electron chi connectivity index (χ2n) is 1.30. The molecule has 2 N–H and O–H groups in total. The van der Waals surface area contributed by atoms with Crippen LogP contribution in [0.15, 0.2) is 5.16 Å². The first-order valence-corrected chi connectivity index (χ1v) is 2.24. The molecule has 0 aliphatic carbocycles. The Balaban J connectivity index is 3.86. The molecule has 0 aromatic heterocycles. The van der Waals surface area contributed by atoms with Gasteiger partial charge in [-0.3, -0.25) is 10.0 Å². The predicted molar refractivity (Wildman–Crippen MR) is 30.0 cm³/mol. The molecule has 0 bridgehead atoms. The van der Waals surface area contributed by atoms with E-state index < -0.39 is 5.91 Å². The monoisotopic (exact) mass is 132 g/mol. The summed E-state index contributed by atoms with van der Waals surface area (Å²) in [6.07, 6.45) is 0. The van der Waals surface area contributed by atoms with Crippen molar-refractivity contribution in [3.8, 4) is 0 Å². The standard InChI is InChI=1S/C4H8N2O3/c1-3(6-9-2)4(7)5-8/h8H,1-2H3,(H,5,7)/b6-3-. The molecule has 0 spiro atoms. The van der Waals surface area contributed by atoms with Gasteiger partial charge in [-0.15, -0.1) is 0 Å². The summed E-state index contributed by atoms with van der Waals surface area (Å²) < 4.78 is 0. The van der Waals surface area contributed by atoms with Crippen LogP contribution in [0.3, 0.4) is 0 Å². The van der Waals surface area contributed by atoms with Gasteiger partial charge in [0, 0.05) is 0 Å². The molecule has 0 radical (unpaired) electrons. The Morgan fingerprint density at radius 3 is 2.67 bits per heavy atom. The molecule has 52 valence electrons. The zero-order valence-electron chi connectivity index (χ0n) is 5.21. The van der Waals surface area contributed by atoms with Gasteiger partial charge in [0.05, 0.1) is 0 Å². The van der Waals surface area contributed by atoms with E-state index in [1.165, 1.54) is 19.5 Å². The molecule has 5 heteroatoms. The highest BCUT2D eigenvalue weighted by molar-refractivity contribution is 6.37. The van der Waals surface area contributed by atoms with Gasteiger partial charge in [-0.25, -0.2) is 5.48 Å².